The van der Waals surface area contributed by atoms with E-state index in [4.69, 9.17) is 11.6 Å². The molecule has 0 aliphatic heterocycles. The van der Waals surface area contributed by atoms with Gasteiger partial charge in [0.2, 0.25) is 0 Å². The highest BCUT2D eigenvalue weighted by Crippen LogP contribution is 2.36. The summed E-state index contributed by atoms with van der Waals surface area (Å²) in [6.45, 7) is 0. The monoisotopic (exact) mass is 231 g/mol. The Labute approximate surface area is 92.9 Å². The SMILES string of the molecule is OC(c1ncc(Cl)s1)C1CCCCC1. The van der Waals surface area contributed by atoms with Gasteiger partial charge in [0.1, 0.15) is 15.4 Å². The Kier molecular flexibility index (Phi) is 3.42. The highest BCUT2D eigenvalue weighted by Gasteiger charge is 2.25. The Morgan fingerprint density at radius 3 is 2.71 bits per heavy atom. The summed E-state index contributed by atoms with van der Waals surface area (Å²) in [4.78, 5) is 4.13. The maximum Gasteiger partial charge on any atom is 0.123 e. The molecule has 1 aliphatic rings. The maximum atomic E-state index is 10.0. The number of aliphatic hydroxyl groups is 1. The van der Waals surface area contributed by atoms with Crippen molar-refractivity contribution in [1.29, 1.82) is 0 Å². The fraction of sp³-hybridized carbons (Fsp3) is 0.700. The molecular weight excluding hydrogens is 218 g/mol. The first-order chi connectivity index (χ1) is 6.77. The lowest BCUT2D eigenvalue weighted by atomic mass is 9.85. The van der Waals surface area contributed by atoms with Crippen molar-refractivity contribution < 1.29 is 5.11 Å². The molecule has 14 heavy (non-hydrogen) atoms. The second kappa shape index (κ2) is 4.60. The molecule has 1 aromatic heterocycles. The third-order valence-electron chi connectivity index (χ3n) is 2.84. The van der Waals surface area contributed by atoms with Gasteiger partial charge in [0.05, 0.1) is 6.20 Å². The molecule has 78 valence electrons. The molecule has 0 radical (unpaired) electrons. The summed E-state index contributed by atoms with van der Waals surface area (Å²) < 4.78 is 0.662. The summed E-state index contributed by atoms with van der Waals surface area (Å²) >= 11 is 7.18. The van der Waals surface area contributed by atoms with Crippen LogP contribution in [0.15, 0.2) is 6.20 Å². The van der Waals surface area contributed by atoms with Gasteiger partial charge in [-0.2, -0.15) is 0 Å². The third kappa shape index (κ3) is 2.27. The van der Waals surface area contributed by atoms with Crippen LogP contribution in [0.5, 0.6) is 0 Å². The molecule has 0 aromatic carbocycles. The lowest BCUT2D eigenvalue weighted by Crippen LogP contribution is -2.15. The van der Waals surface area contributed by atoms with Crippen LogP contribution in [0.3, 0.4) is 0 Å². The second-order valence-electron chi connectivity index (χ2n) is 3.85. The van der Waals surface area contributed by atoms with Gasteiger partial charge in [0.15, 0.2) is 0 Å². The molecule has 1 N–H and O–H groups in total. The van der Waals surface area contributed by atoms with Crippen LogP contribution in [0.1, 0.15) is 43.2 Å². The largest absolute Gasteiger partial charge is 0.386 e. The molecule has 1 fully saturated rings. The van der Waals surface area contributed by atoms with Gasteiger partial charge in [-0.15, -0.1) is 11.3 Å². The number of thiazole rings is 1. The van der Waals surface area contributed by atoms with Crippen LogP contribution in [0, 0.1) is 5.92 Å². The molecule has 1 aromatic rings. The van der Waals surface area contributed by atoms with Gasteiger partial charge in [-0.25, -0.2) is 4.98 Å². The van der Waals surface area contributed by atoms with Crippen LogP contribution in [-0.4, -0.2) is 10.1 Å². The Morgan fingerprint density at radius 1 is 1.43 bits per heavy atom. The molecule has 2 nitrogen and oxygen atoms in total. The zero-order chi connectivity index (χ0) is 9.97. The quantitative estimate of drug-likeness (QED) is 0.846. The van der Waals surface area contributed by atoms with Gasteiger partial charge in [-0.05, 0) is 18.8 Å². The van der Waals surface area contributed by atoms with Crippen LogP contribution < -0.4 is 0 Å². The minimum atomic E-state index is -0.396. The first kappa shape index (κ1) is 10.4. The van der Waals surface area contributed by atoms with Crippen molar-refractivity contribution in [2.45, 2.75) is 38.2 Å². The summed E-state index contributed by atoms with van der Waals surface area (Å²) in [6, 6.07) is 0. The van der Waals surface area contributed by atoms with E-state index in [1.165, 1.54) is 30.6 Å². The van der Waals surface area contributed by atoms with E-state index >= 15 is 0 Å². The van der Waals surface area contributed by atoms with E-state index in [9.17, 15) is 5.11 Å². The van der Waals surface area contributed by atoms with E-state index < -0.39 is 6.10 Å². The fourth-order valence-corrected chi connectivity index (χ4v) is 3.06. The number of rotatable bonds is 2. The topological polar surface area (TPSA) is 33.1 Å². The second-order valence-corrected chi connectivity index (χ2v) is 5.54. The summed E-state index contributed by atoms with van der Waals surface area (Å²) in [7, 11) is 0. The van der Waals surface area contributed by atoms with E-state index in [1.54, 1.807) is 6.20 Å². The van der Waals surface area contributed by atoms with E-state index in [0.29, 0.717) is 10.3 Å². The van der Waals surface area contributed by atoms with Crippen molar-refractivity contribution in [3.8, 4) is 0 Å². The number of hydrogen-bond donors (Lipinski definition) is 1. The highest BCUT2D eigenvalue weighted by molar-refractivity contribution is 7.15. The molecule has 1 heterocycles. The molecule has 0 saturated heterocycles. The number of aliphatic hydroxyl groups excluding tert-OH is 1. The third-order valence-corrected chi connectivity index (χ3v) is 4.03. The zero-order valence-corrected chi connectivity index (χ0v) is 9.52. The molecule has 4 heteroatoms. The highest BCUT2D eigenvalue weighted by atomic mass is 35.5. The van der Waals surface area contributed by atoms with E-state index in [-0.39, 0.29) is 0 Å². The summed E-state index contributed by atoms with van der Waals surface area (Å²) in [6.07, 6.45) is 7.25. The minimum Gasteiger partial charge on any atom is -0.386 e. The molecule has 1 aliphatic carbocycles. The normalized spacial score (nSPS) is 21.0. The molecule has 0 amide bonds. The van der Waals surface area contributed by atoms with Crippen molar-refractivity contribution in [1.82, 2.24) is 4.98 Å². The molecule has 0 bridgehead atoms. The molecule has 1 saturated carbocycles. The molecular formula is C10H14ClNOS. The number of nitrogens with zero attached hydrogens (tertiary/aromatic N) is 1. The van der Waals surface area contributed by atoms with Crippen molar-refractivity contribution in [2.24, 2.45) is 5.92 Å². The molecule has 1 unspecified atom stereocenters. The smallest absolute Gasteiger partial charge is 0.123 e. The van der Waals surface area contributed by atoms with E-state index in [1.807, 2.05) is 0 Å². The van der Waals surface area contributed by atoms with Gasteiger partial charge in [-0.1, -0.05) is 30.9 Å². The average Bonchev–Trinajstić information content (AvgIpc) is 2.65. The molecule has 0 spiro atoms. The van der Waals surface area contributed by atoms with Crippen LogP contribution in [-0.2, 0) is 0 Å². The predicted molar refractivity (Wildman–Crippen MR) is 58.7 cm³/mol. The fourth-order valence-electron chi connectivity index (χ4n) is 2.06. The lowest BCUT2D eigenvalue weighted by Gasteiger charge is -2.24. The summed E-state index contributed by atoms with van der Waals surface area (Å²) in [5.74, 6) is 0.394. The van der Waals surface area contributed by atoms with Gasteiger partial charge < -0.3 is 5.11 Å². The van der Waals surface area contributed by atoms with Crippen molar-refractivity contribution in [3.05, 3.63) is 15.5 Å². The zero-order valence-electron chi connectivity index (χ0n) is 7.95. The first-order valence-corrected chi connectivity index (χ1v) is 6.26. The Hall–Kier alpha value is -0.120. The Balaban J connectivity index is 2.03. The van der Waals surface area contributed by atoms with E-state index in [2.05, 4.69) is 4.98 Å². The van der Waals surface area contributed by atoms with Crippen LogP contribution >= 0.6 is 22.9 Å². The van der Waals surface area contributed by atoms with Gasteiger partial charge in [-0.3, -0.25) is 0 Å². The van der Waals surface area contributed by atoms with Gasteiger partial charge in [0.25, 0.3) is 0 Å². The van der Waals surface area contributed by atoms with Crippen molar-refractivity contribution in [3.63, 3.8) is 0 Å². The van der Waals surface area contributed by atoms with Crippen LogP contribution in [0.25, 0.3) is 0 Å². The first-order valence-electron chi connectivity index (χ1n) is 5.06. The lowest BCUT2D eigenvalue weighted by molar-refractivity contribution is 0.0846. The van der Waals surface area contributed by atoms with E-state index in [0.717, 1.165) is 17.8 Å². The molecule has 1 atom stereocenters. The summed E-state index contributed by atoms with van der Waals surface area (Å²) in [5.41, 5.74) is 0. The maximum absolute atomic E-state index is 10.0. The Bertz CT molecular complexity index is 296. The number of hydrogen-bond acceptors (Lipinski definition) is 3. The van der Waals surface area contributed by atoms with Crippen molar-refractivity contribution >= 4 is 22.9 Å². The van der Waals surface area contributed by atoms with Crippen LogP contribution in [0.4, 0.5) is 0 Å². The van der Waals surface area contributed by atoms with Crippen LogP contribution in [0.2, 0.25) is 4.34 Å². The number of aromatic nitrogens is 1. The van der Waals surface area contributed by atoms with Gasteiger partial charge in [0, 0.05) is 0 Å². The summed E-state index contributed by atoms with van der Waals surface area (Å²) in [5, 5.41) is 10.8. The van der Waals surface area contributed by atoms with Gasteiger partial charge >= 0.3 is 0 Å². The molecule has 2 rings (SSSR count). The Morgan fingerprint density at radius 2 is 2.14 bits per heavy atom. The predicted octanol–water partition coefficient (Wildman–Crippen LogP) is 3.41. The van der Waals surface area contributed by atoms with Crippen molar-refractivity contribution in [2.75, 3.05) is 0 Å². The average molecular weight is 232 g/mol. The minimum absolute atomic E-state index is 0.394. The number of halogens is 1. The standard InChI is InChI=1S/C10H14ClNOS/c11-8-6-12-10(14-8)9(13)7-4-2-1-3-5-7/h6-7,9,13H,1-5H2.